The molecule has 2 nitrogen and oxygen atoms in total. The summed E-state index contributed by atoms with van der Waals surface area (Å²) in [5, 5.41) is 3.44. The smallest absolute Gasteiger partial charge is 0.0510 e. The van der Waals surface area contributed by atoms with E-state index < -0.39 is 0 Å². The van der Waals surface area contributed by atoms with Crippen molar-refractivity contribution in [3.05, 3.63) is 28.2 Å². The predicted molar refractivity (Wildman–Crippen MR) is 77.7 cm³/mol. The number of benzene rings is 1. The monoisotopic (exact) mass is 296 g/mol. The summed E-state index contributed by atoms with van der Waals surface area (Å²) < 4.78 is 1.20. The number of halogens is 1. The first-order valence-electron chi connectivity index (χ1n) is 6.39. The quantitative estimate of drug-likeness (QED) is 0.891. The van der Waals surface area contributed by atoms with E-state index in [0.29, 0.717) is 6.04 Å². The molecule has 1 fully saturated rings. The molecule has 17 heavy (non-hydrogen) atoms. The Labute approximate surface area is 113 Å². The number of anilines is 1. The minimum absolute atomic E-state index is 0.414. The summed E-state index contributed by atoms with van der Waals surface area (Å²) in [4.78, 5) is 2.38. The highest BCUT2D eigenvalue weighted by Gasteiger charge is 2.27. The standard InChI is InChI=1S/C14H21BrN2/c1-4-16-10(2)11-5-8-14(13(15)9-11)17(3)12-6-7-12/h5,8-10,12,16H,4,6-7H2,1-3H3. The van der Waals surface area contributed by atoms with Crippen LogP contribution in [-0.4, -0.2) is 19.6 Å². The van der Waals surface area contributed by atoms with Crippen LogP contribution in [0.25, 0.3) is 0 Å². The van der Waals surface area contributed by atoms with Crippen molar-refractivity contribution in [1.29, 1.82) is 0 Å². The molecule has 1 aromatic carbocycles. The van der Waals surface area contributed by atoms with Gasteiger partial charge in [-0.1, -0.05) is 13.0 Å². The normalized spacial score (nSPS) is 16.9. The lowest BCUT2D eigenvalue weighted by molar-refractivity contribution is 0.598. The molecule has 0 bridgehead atoms. The maximum absolute atomic E-state index is 3.69. The van der Waals surface area contributed by atoms with Gasteiger partial charge in [-0.2, -0.15) is 0 Å². The molecule has 0 radical (unpaired) electrons. The highest BCUT2D eigenvalue weighted by molar-refractivity contribution is 9.10. The molecule has 1 aromatic rings. The second-order valence-corrected chi connectivity index (χ2v) is 5.69. The van der Waals surface area contributed by atoms with E-state index in [1.807, 2.05) is 0 Å². The molecule has 1 unspecified atom stereocenters. The highest BCUT2D eigenvalue weighted by Crippen LogP contribution is 2.35. The summed E-state index contributed by atoms with van der Waals surface area (Å²) >= 11 is 3.69. The summed E-state index contributed by atoms with van der Waals surface area (Å²) in [6.45, 7) is 5.35. The fraction of sp³-hybridized carbons (Fsp3) is 0.571. The SMILES string of the molecule is CCNC(C)c1ccc(N(C)C2CC2)c(Br)c1. The van der Waals surface area contributed by atoms with Gasteiger partial charge >= 0.3 is 0 Å². The lowest BCUT2D eigenvalue weighted by atomic mass is 10.1. The van der Waals surface area contributed by atoms with Crippen molar-refractivity contribution in [2.75, 3.05) is 18.5 Å². The van der Waals surface area contributed by atoms with Crippen LogP contribution in [0.2, 0.25) is 0 Å². The van der Waals surface area contributed by atoms with E-state index in [1.54, 1.807) is 0 Å². The fourth-order valence-corrected chi connectivity index (χ4v) is 2.84. The maximum Gasteiger partial charge on any atom is 0.0510 e. The van der Waals surface area contributed by atoms with Crippen LogP contribution in [0.4, 0.5) is 5.69 Å². The van der Waals surface area contributed by atoms with Gasteiger partial charge in [-0.3, -0.25) is 0 Å². The summed E-state index contributed by atoms with van der Waals surface area (Å²) in [7, 11) is 2.19. The van der Waals surface area contributed by atoms with Gasteiger partial charge in [0.15, 0.2) is 0 Å². The van der Waals surface area contributed by atoms with Crippen LogP contribution in [0.15, 0.2) is 22.7 Å². The van der Waals surface area contributed by atoms with Crippen molar-refractivity contribution in [2.45, 2.75) is 38.8 Å². The number of hydrogen-bond donors (Lipinski definition) is 1. The van der Waals surface area contributed by atoms with Gasteiger partial charge in [0.05, 0.1) is 5.69 Å². The summed E-state index contributed by atoms with van der Waals surface area (Å²) in [5.74, 6) is 0. The number of nitrogens with one attached hydrogen (secondary N) is 1. The van der Waals surface area contributed by atoms with E-state index in [-0.39, 0.29) is 0 Å². The largest absolute Gasteiger partial charge is 0.371 e. The molecule has 0 saturated heterocycles. The Morgan fingerprint density at radius 2 is 2.18 bits per heavy atom. The van der Waals surface area contributed by atoms with Crippen LogP contribution in [0.3, 0.4) is 0 Å². The molecule has 0 amide bonds. The molecule has 0 spiro atoms. The molecular formula is C14H21BrN2. The molecule has 0 aromatic heterocycles. The van der Waals surface area contributed by atoms with Crippen molar-refractivity contribution < 1.29 is 0 Å². The minimum Gasteiger partial charge on any atom is -0.371 e. The second kappa shape index (κ2) is 5.40. The molecule has 94 valence electrons. The molecule has 2 rings (SSSR count). The Morgan fingerprint density at radius 3 is 2.71 bits per heavy atom. The van der Waals surface area contributed by atoms with E-state index in [1.165, 1.54) is 28.6 Å². The Hall–Kier alpha value is -0.540. The average molecular weight is 297 g/mol. The first kappa shape index (κ1) is 12.9. The van der Waals surface area contributed by atoms with E-state index in [9.17, 15) is 0 Å². The van der Waals surface area contributed by atoms with Crippen molar-refractivity contribution in [1.82, 2.24) is 5.32 Å². The molecule has 1 N–H and O–H groups in total. The summed E-state index contributed by atoms with van der Waals surface area (Å²) in [6, 6.07) is 7.86. The van der Waals surface area contributed by atoms with Crippen LogP contribution in [0.5, 0.6) is 0 Å². The van der Waals surface area contributed by atoms with Crippen molar-refractivity contribution in [2.24, 2.45) is 0 Å². The van der Waals surface area contributed by atoms with E-state index in [4.69, 9.17) is 0 Å². The highest BCUT2D eigenvalue weighted by atomic mass is 79.9. The number of hydrogen-bond acceptors (Lipinski definition) is 2. The minimum atomic E-state index is 0.414. The molecule has 1 atom stereocenters. The van der Waals surface area contributed by atoms with Gasteiger partial charge in [-0.05, 0) is 59.9 Å². The zero-order valence-electron chi connectivity index (χ0n) is 10.8. The van der Waals surface area contributed by atoms with Crippen LogP contribution in [0, 0.1) is 0 Å². The van der Waals surface area contributed by atoms with Crippen LogP contribution >= 0.6 is 15.9 Å². The first-order chi connectivity index (χ1) is 8.13. The molecule has 0 heterocycles. The first-order valence-corrected chi connectivity index (χ1v) is 7.18. The van der Waals surface area contributed by atoms with Crippen molar-refractivity contribution >= 4 is 21.6 Å². The van der Waals surface area contributed by atoms with Crippen molar-refractivity contribution in [3.8, 4) is 0 Å². The Bertz CT molecular complexity index is 388. The van der Waals surface area contributed by atoms with Crippen LogP contribution < -0.4 is 10.2 Å². The van der Waals surface area contributed by atoms with E-state index >= 15 is 0 Å². The lowest BCUT2D eigenvalue weighted by Gasteiger charge is -2.22. The average Bonchev–Trinajstić information content (AvgIpc) is 3.12. The zero-order valence-corrected chi connectivity index (χ0v) is 12.4. The molecule has 3 heteroatoms. The fourth-order valence-electron chi connectivity index (χ4n) is 2.16. The van der Waals surface area contributed by atoms with Crippen LogP contribution in [0.1, 0.15) is 38.3 Å². The van der Waals surface area contributed by atoms with Crippen LogP contribution in [-0.2, 0) is 0 Å². The topological polar surface area (TPSA) is 15.3 Å². The molecule has 0 aliphatic heterocycles. The zero-order chi connectivity index (χ0) is 12.4. The molecule has 1 saturated carbocycles. The van der Waals surface area contributed by atoms with Gasteiger partial charge in [0, 0.05) is 23.6 Å². The predicted octanol–water partition coefficient (Wildman–Crippen LogP) is 3.72. The third-order valence-corrected chi connectivity index (χ3v) is 4.09. The van der Waals surface area contributed by atoms with Gasteiger partial charge in [0.2, 0.25) is 0 Å². The summed E-state index contributed by atoms with van der Waals surface area (Å²) in [6.07, 6.45) is 2.66. The molecule has 1 aliphatic rings. The maximum atomic E-state index is 3.69. The second-order valence-electron chi connectivity index (χ2n) is 4.83. The number of rotatable bonds is 5. The Kier molecular flexibility index (Phi) is 4.10. The van der Waals surface area contributed by atoms with E-state index in [0.717, 1.165) is 12.6 Å². The van der Waals surface area contributed by atoms with E-state index in [2.05, 4.69) is 65.2 Å². The number of nitrogens with zero attached hydrogens (tertiary/aromatic N) is 1. The third-order valence-electron chi connectivity index (χ3n) is 3.46. The van der Waals surface area contributed by atoms with Gasteiger partial charge in [-0.15, -0.1) is 0 Å². The third kappa shape index (κ3) is 3.02. The Morgan fingerprint density at radius 1 is 1.47 bits per heavy atom. The van der Waals surface area contributed by atoms with Gasteiger partial charge < -0.3 is 10.2 Å². The lowest BCUT2D eigenvalue weighted by Crippen LogP contribution is -2.21. The van der Waals surface area contributed by atoms with Gasteiger partial charge in [0.25, 0.3) is 0 Å². The molecular weight excluding hydrogens is 276 g/mol. The molecule has 1 aliphatic carbocycles. The summed E-state index contributed by atoms with van der Waals surface area (Å²) in [5.41, 5.74) is 2.65. The Balaban J connectivity index is 2.15. The van der Waals surface area contributed by atoms with Gasteiger partial charge in [-0.25, -0.2) is 0 Å². The van der Waals surface area contributed by atoms with Gasteiger partial charge in [0.1, 0.15) is 0 Å². The van der Waals surface area contributed by atoms with Crippen molar-refractivity contribution in [3.63, 3.8) is 0 Å².